The van der Waals surface area contributed by atoms with E-state index in [1.807, 2.05) is 57.3 Å². The van der Waals surface area contributed by atoms with Gasteiger partial charge in [0.1, 0.15) is 5.82 Å². The number of ether oxygens (including phenoxy) is 1. The lowest BCUT2D eigenvalue weighted by atomic mass is 10.0. The molecule has 0 saturated heterocycles. The van der Waals surface area contributed by atoms with Gasteiger partial charge in [0.15, 0.2) is 0 Å². The van der Waals surface area contributed by atoms with E-state index in [9.17, 15) is 4.79 Å². The van der Waals surface area contributed by atoms with Gasteiger partial charge in [-0.25, -0.2) is 9.97 Å². The largest absolute Gasteiger partial charge is 0.380 e. The Morgan fingerprint density at radius 3 is 2.46 bits per heavy atom. The maximum Gasteiger partial charge on any atom is 0.251 e. The third-order valence-corrected chi connectivity index (χ3v) is 4.42. The highest BCUT2D eigenvalue weighted by molar-refractivity contribution is 5.95. The maximum absolute atomic E-state index is 12.9. The first kappa shape index (κ1) is 19.6. The van der Waals surface area contributed by atoms with Gasteiger partial charge in [-0.3, -0.25) is 9.78 Å². The van der Waals surface area contributed by atoms with Crippen molar-refractivity contribution in [3.05, 3.63) is 77.0 Å². The number of pyridine rings is 1. The molecular formula is C22H24N4O2. The highest BCUT2D eigenvalue weighted by atomic mass is 16.5. The predicted octanol–water partition coefficient (Wildman–Crippen LogP) is 3.79. The van der Waals surface area contributed by atoms with E-state index in [1.54, 1.807) is 19.5 Å². The SMILES string of the molecule is COCc1cc(C(=O)N[C@H](C)c2cnc(C)nc2)cc(-c2ccc(C)cn2)c1. The molecule has 0 radical (unpaired) electrons. The van der Waals surface area contributed by atoms with Gasteiger partial charge in [0.2, 0.25) is 0 Å². The van der Waals surface area contributed by atoms with E-state index < -0.39 is 0 Å². The van der Waals surface area contributed by atoms with E-state index in [0.29, 0.717) is 18.0 Å². The topological polar surface area (TPSA) is 77.0 Å². The summed E-state index contributed by atoms with van der Waals surface area (Å²) >= 11 is 0. The van der Waals surface area contributed by atoms with Crippen molar-refractivity contribution in [2.24, 2.45) is 0 Å². The standard InChI is InChI=1S/C22H24N4O2/c1-14-5-6-21(25-10-14)18-7-17(13-28-4)8-19(9-18)22(27)26-15(2)20-11-23-16(3)24-12-20/h5-12,15H,13H2,1-4H3,(H,26,27)/t15-/m1/s1. The molecule has 2 aromatic heterocycles. The van der Waals surface area contributed by atoms with Crippen LogP contribution in [-0.2, 0) is 11.3 Å². The number of aromatic nitrogens is 3. The fourth-order valence-electron chi connectivity index (χ4n) is 2.85. The van der Waals surface area contributed by atoms with Crippen molar-refractivity contribution >= 4 is 5.91 Å². The third-order valence-electron chi connectivity index (χ3n) is 4.42. The van der Waals surface area contributed by atoms with Gasteiger partial charge in [-0.15, -0.1) is 0 Å². The number of hydrogen-bond acceptors (Lipinski definition) is 5. The van der Waals surface area contributed by atoms with Gasteiger partial charge in [0.05, 0.1) is 18.3 Å². The summed E-state index contributed by atoms with van der Waals surface area (Å²) < 4.78 is 5.27. The second kappa shape index (κ2) is 8.71. The van der Waals surface area contributed by atoms with Crippen molar-refractivity contribution in [2.45, 2.75) is 33.4 Å². The highest BCUT2D eigenvalue weighted by Crippen LogP contribution is 2.22. The minimum absolute atomic E-state index is 0.167. The van der Waals surface area contributed by atoms with Gasteiger partial charge in [-0.1, -0.05) is 6.07 Å². The van der Waals surface area contributed by atoms with E-state index in [2.05, 4.69) is 20.3 Å². The molecule has 3 rings (SSSR count). The molecule has 0 aliphatic rings. The summed E-state index contributed by atoms with van der Waals surface area (Å²) in [5.41, 5.74) is 5.12. The van der Waals surface area contributed by atoms with E-state index in [4.69, 9.17) is 4.74 Å². The summed E-state index contributed by atoms with van der Waals surface area (Å²) in [7, 11) is 1.63. The summed E-state index contributed by atoms with van der Waals surface area (Å²) in [5.74, 6) is 0.532. The molecule has 1 N–H and O–H groups in total. The van der Waals surface area contributed by atoms with E-state index in [1.165, 1.54) is 0 Å². The Labute approximate surface area is 165 Å². The van der Waals surface area contributed by atoms with E-state index in [-0.39, 0.29) is 11.9 Å². The summed E-state index contributed by atoms with van der Waals surface area (Å²) in [4.78, 5) is 25.7. The predicted molar refractivity (Wildman–Crippen MR) is 108 cm³/mol. The second-order valence-electron chi connectivity index (χ2n) is 6.83. The molecule has 0 aliphatic heterocycles. The first-order valence-electron chi connectivity index (χ1n) is 9.11. The smallest absolute Gasteiger partial charge is 0.251 e. The first-order chi connectivity index (χ1) is 13.5. The third kappa shape index (κ3) is 4.78. The van der Waals surface area contributed by atoms with Crippen LogP contribution in [0.5, 0.6) is 0 Å². The molecule has 0 saturated carbocycles. The molecule has 1 aromatic carbocycles. The quantitative estimate of drug-likeness (QED) is 0.708. The molecule has 0 spiro atoms. The number of methoxy groups -OCH3 is 1. The molecule has 6 nitrogen and oxygen atoms in total. The van der Waals surface area contributed by atoms with Crippen LogP contribution in [0.1, 0.15) is 45.8 Å². The zero-order chi connectivity index (χ0) is 20.1. The Hall–Kier alpha value is -3.12. The number of carbonyl (C=O) groups excluding carboxylic acids is 1. The van der Waals surface area contributed by atoms with Crippen LogP contribution in [0.3, 0.4) is 0 Å². The molecular weight excluding hydrogens is 352 g/mol. The lowest BCUT2D eigenvalue weighted by Crippen LogP contribution is -2.27. The van der Waals surface area contributed by atoms with Crippen LogP contribution in [0.4, 0.5) is 0 Å². The van der Waals surface area contributed by atoms with E-state index in [0.717, 1.165) is 27.9 Å². The molecule has 1 amide bonds. The lowest BCUT2D eigenvalue weighted by Gasteiger charge is -2.15. The molecule has 6 heteroatoms. The van der Waals surface area contributed by atoms with Gasteiger partial charge in [-0.2, -0.15) is 0 Å². The zero-order valence-corrected chi connectivity index (χ0v) is 16.6. The summed E-state index contributed by atoms with van der Waals surface area (Å²) in [5, 5.41) is 3.01. The average molecular weight is 376 g/mol. The number of carbonyl (C=O) groups is 1. The summed E-state index contributed by atoms with van der Waals surface area (Å²) in [6.45, 7) is 6.15. The summed E-state index contributed by atoms with van der Waals surface area (Å²) in [6.07, 6.45) is 5.28. The molecule has 144 valence electrons. The molecule has 0 bridgehead atoms. The number of nitrogens with one attached hydrogen (secondary N) is 1. The molecule has 0 aliphatic carbocycles. The Bertz CT molecular complexity index is 953. The van der Waals surface area contributed by atoms with Crippen molar-refractivity contribution in [3.8, 4) is 11.3 Å². The minimum atomic E-state index is -0.208. The Kier molecular flexibility index (Phi) is 6.11. The number of nitrogens with zero attached hydrogens (tertiary/aromatic N) is 3. The van der Waals surface area contributed by atoms with Crippen LogP contribution in [-0.4, -0.2) is 28.0 Å². The average Bonchev–Trinajstić information content (AvgIpc) is 2.69. The van der Waals surface area contributed by atoms with Crippen LogP contribution < -0.4 is 5.32 Å². The fraction of sp³-hybridized carbons (Fsp3) is 0.273. The highest BCUT2D eigenvalue weighted by Gasteiger charge is 2.15. The van der Waals surface area contributed by atoms with Crippen LogP contribution in [0.2, 0.25) is 0 Å². The van der Waals surface area contributed by atoms with Crippen LogP contribution in [0.25, 0.3) is 11.3 Å². The Morgan fingerprint density at radius 2 is 1.82 bits per heavy atom. The number of benzene rings is 1. The Balaban J connectivity index is 1.87. The molecule has 28 heavy (non-hydrogen) atoms. The van der Waals surface area contributed by atoms with Gasteiger partial charge in [-0.05, 0) is 56.2 Å². The van der Waals surface area contributed by atoms with Gasteiger partial charge in [0.25, 0.3) is 5.91 Å². The number of rotatable bonds is 6. The first-order valence-corrected chi connectivity index (χ1v) is 9.11. The molecule has 2 heterocycles. The van der Waals surface area contributed by atoms with Crippen molar-refractivity contribution < 1.29 is 9.53 Å². The second-order valence-corrected chi connectivity index (χ2v) is 6.83. The van der Waals surface area contributed by atoms with Crippen LogP contribution in [0, 0.1) is 13.8 Å². The number of hydrogen-bond donors (Lipinski definition) is 1. The molecule has 1 atom stereocenters. The van der Waals surface area contributed by atoms with Crippen molar-refractivity contribution in [1.29, 1.82) is 0 Å². The van der Waals surface area contributed by atoms with Gasteiger partial charge >= 0.3 is 0 Å². The number of aryl methyl sites for hydroxylation is 2. The van der Waals surface area contributed by atoms with Crippen molar-refractivity contribution in [2.75, 3.05) is 7.11 Å². The van der Waals surface area contributed by atoms with Gasteiger partial charge in [0, 0.05) is 42.4 Å². The molecule has 0 fully saturated rings. The summed E-state index contributed by atoms with van der Waals surface area (Å²) in [6, 6.07) is 9.44. The normalized spacial score (nSPS) is 11.9. The van der Waals surface area contributed by atoms with Gasteiger partial charge < -0.3 is 10.1 Å². The van der Waals surface area contributed by atoms with Crippen molar-refractivity contribution in [1.82, 2.24) is 20.3 Å². The van der Waals surface area contributed by atoms with Crippen LogP contribution >= 0.6 is 0 Å². The molecule has 0 unspecified atom stereocenters. The monoisotopic (exact) mass is 376 g/mol. The molecule has 3 aromatic rings. The zero-order valence-electron chi connectivity index (χ0n) is 16.6. The fourth-order valence-corrected chi connectivity index (χ4v) is 2.85. The maximum atomic E-state index is 12.9. The van der Waals surface area contributed by atoms with Crippen LogP contribution in [0.15, 0.2) is 48.9 Å². The Morgan fingerprint density at radius 1 is 1.07 bits per heavy atom. The lowest BCUT2D eigenvalue weighted by molar-refractivity contribution is 0.0939. The van der Waals surface area contributed by atoms with E-state index >= 15 is 0 Å². The van der Waals surface area contributed by atoms with Crippen molar-refractivity contribution in [3.63, 3.8) is 0 Å². The minimum Gasteiger partial charge on any atom is -0.380 e. The number of amides is 1.